The summed E-state index contributed by atoms with van der Waals surface area (Å²) in [6, 6.07) is 0.530. The van der Waals surface area contributed by atoms with Crippen molar-refractivity contribution in [2.24, 2.45) is 5.73 Å². The topological polar surface area (TPSA) is 38.5 Å². The van der Waals surface area contributed by atoms with Crippen molar-refractivity contribution in [3.05, 3.63) is 0 Å². The van der Waals surface area contributed by atoms with Gasteiger partial charge < -0.3 is 10.5 Å². The average molecular weight is 186 g/mol. The molecule has 1 rings (SSSR count). The van der Waals surface area contributed by atoms with Crippen molar-refractivity contribution in [3.8, 4) is 0 Å². The lowest BCUT2D eigenvalue weighted by Crippen LogP contribution is -2.45. The highest BCUT2D eigenvalue weighted by Crippen LogP contribution is 2.15. The van der Waals surface area contributed by atoms with E-state index in [1.165, 1.54) is 0 Å². The number of hydrogen-bond donors (Lipinski definition) is 1. The van der Waals surface area contributed by atoms with E-state index >= 15 is 0 Å². The van der Waals surface area contributed by atoms with Crippen molar-refractivity contribution in [1.82, 2.24) is 4.90 Å². The van der Waals surface area contributed by atoms with Gasteiger partial charge in [-0.1, -0.05) is 0 Å². The molecule has 1 heterocycles. The Bertz CT molecular complexity index is 133. The lowest BCUT2D eigenvalue weighted by atomic mass is 10.1. The Morgan fingerprint density at radius 2 is 2.08 bits per heavy atom. The van der Waals surface area contributed by atoms with Crippen molar-refractivity contribution in [2.75, 3.05) is 26.2 Å². The van der Waals surface area contributed by atoms with Gasteiger partial charge in [0.1, 0.15) is 0 Å². The number of nitrogens with two attached hydrogens (primary N) is 1. The molecule has 0 aromatic carbocycles. The maximum absolute atomic E-state index is 5.62. The lowest BCUT2D eigenvalue weighted by molar-refractivity contribution is 0.00670. The molecule has 1 aliphatic rings. The van der Waals surface area contributed by atoms with E-state index < -0.39 is 0 Å². The Morgan fingerprint density at radius 1 is 1.46 bits per heavy atom. The van der Waals surface area contributed by atoms with Gasteiger partial charge in [-0.2, -0.15) is 0 Å². The van der Waals surface area contributed by atoms with Crippen LogP contribution in [0.1, 0.15) is 26.7 Å². The quantitative estimate of drug-likeness (QED) is 0.707. The summed E-state index contributed by atoms with van der Waals surface area (Å²) < 4.78 is 5.59. The number of ether oxygens (including phenoxy) is 1. The molecular weight excluding hydrogens is 164 g/mol. The van der Waals surface area contributed by atoms with Crippen LogP contribution < -0.4 is 5.73 Å². The second-order valence-corrected chi connectivity index (χ2v) is 3.78. The van der Waals surface area contributed by atoms with Crippen LogP contribution in [0.2, 0.25) is 0 Å². The van der Waals surface area contributed by atoms with Gasteiger partial charge in [0.25, 0.3) is 0 Å². The van der Waals surface area contributed by atoms with Crippen LogP contribution in [-0.4, -0.2) is 43.3 Å². The molecule has 0 spiro atoms. The van der Waals surface area contributed by atoms with Gasteiger partial charge in [-0.05, 0) is 26.7 Å². The minimum absolute atomic E-state index is 0.492. The smallest absolute Gasteiger partial charge is 0.0599 e. The first-order chi connectivity index (χ1) is 6.27. The molecule has 0 aromatic rings. The predicted molar refractivity (Wildman–Crippen MR) is 54.7 cm³/mol. The minimum Gasteiger partial charge on any atom is -0.378 e. The second kappa shape index (κ2) is 5.58. The maximum Gasteiger partial charge on any atom is 0.0599 e. The van der Waals surface area contributed by atoms with Crippen molar-refractivity contribution in [2.45, 2.75) is 38.8 Å². The van der Waals surface area contributed by atoms with Crippen LogP contribution in [0.3, 0.4) is 0 Å². The van der Waals surface area contributed by atoms with Crippen molar-refractivity contribution >= 4 is 0 Å². The highest BCUT2D eigenvalue weighted by molar-refractivity contribution is 4.76. The Labute approximate surface area is 81.2 Å². The normalized spacial score (nSPS) is 23.3. The molecule has 78 valence electrons. The number of nitrogens with zero attached hydrogens (tertiary/aromatic N) is 1. The SMILES string of the molecule is CCOC1CCN(C(C)CN)CC1. The van der Waals surface area contributed by atoms with Crippen LogP contribution >= 0.6 is 0 Å². The molecule has 3 heteroatoms. The molecule has 3 nitrogen and oxygen atoms in total. The van der Waals surface area contributed by atoms with Crippen LogP contribution in [0, 0.1) is 0 Å². The fraction of sp³-hybridized carbons (Fsp3) is 1.00. The van der Waals surface area contributed by atoms with E-state index in [0.29, 0.717) is 12.1 Å². The number of piperidine rings is 1. The fourth-order valence-corrected chi connectivity index (χ4v) is 1.87. The monoisotopic (exact) mass is 186 g/mol. The van der Waals surface area contributed by atoms with Gasteiger partial charge in [0.15, 0.2) is 0 Å². The Balaban J connectivity index is 2.22. The lowest BCUT2D eigenvalue weighted by Gasteiger charge is -2.35. The summed E-state index contributed by atoms with van der Waals surface area (Å²) in [4.78, 5) is 2.45. The summed E-state index contributed by atoms with van der Waals surface area (Å²) in [6.45, 7) is 8.15. The molecule has 1 unspecified atom stereocenters. The first kappa shape index (κ1) is 11.0. The molecule has 0 amide bonds. The third-order valence-corrected chi connectivity index (χ3v) is 2.84. The van der Waals surface area contributed by atoms with Crippen molar-refractivity contribution in [1.29, 1.82) is 0 Å². The zero-order chi connectivity index (χ0) is 9.68. The van der Waals surface area contributed by atoms with Gasteiger partial charge >= 0.3 is 0 Å². The summed E-state index contributed by atoms with van der Waals surface area (Å²) in [7, 11) is 0. The second-order valence-electron chi connectivity index (χ2n) is 3.78. The van der Waals surface area contributed by atoms with E-state index in [4.69, 9.17) is 10.5 Å². The largest absolute Gasteiger partial charge is 0.378 e. The first-order valence-electron chi connectivity index (χ1n) is 5.33. The van der Waals surface area contributed by atoms with Gasteiger partial charge in [0.05, 0.1) is 6.10 Å². The zero-order valence-corrected chi connectivity index (χ0v) is 8.83. The van der Waals surface area contributed by atoms with Crippen LogP contribution in [0.25, 0.3) is 0 Å². The molecule has 1 fully saturated rings. The van der Waals surface area contributed by atoms with E-state index in [1.54, 1.807) is 0 Å². The molecule has 0 saturated carbocycles. The molecular formula is C10H22N2O. The molecule has 2 N–H and O–H groups in total. The Hall–Kier alpha value is -0.120. The average Bonchev–Trinajstić information content (AvgIpc) is 2.18. The van der Waals surface area contributed by atoms with E-state index in [9.17, 15) is 0 Å². The Morgan fingerprint density at radius 3 is 2.54 bits per heavy atom. The highest BCUT2D eigenvalue weighted by atomic mass is 16.5. The van der Waals surface area contributed by atoms with Gasteiger partial charge in [-0.3, -0.25) is 4.90 Å². The summed E-state index contributed by atoms with van der Waals surface area (Å²) >= 11 is 0. The molecule has 0 bridgehead atoms. The van der Waals surface area contributed by atoms with E-state index in [-0.39, 0.29) is 0 Å². The first-order valence-corrected chi connectivity index (χ1v) is 5.33. The summed E-state index contributed by atoms with van der Waals surface area (Å²) in [5, 5.41) is 0. The third kappa shape index (κ3) is 3.25. The number of likely N-dealkylation sites (tertiary alicyclic amines) is 1. The van der Waals surface area contributed by atoms with Gasteiger partial charge in [0.2, 0.25) is 0 Å². The summed E-state index contributed by atoms with van der Waals surface area (Å²) in [5.41, 5.74) is 5.62. The molecule has 1 saturated heterocycles. The molecule has 0 aliphatic carbocycles. The summed E-state index contributed by atoms with van der Waals surface area (Å²) in [6.07, 6.45) is 2.82. The number of rotatable bonds is 4. The van der Waals surface area contributed by atoms with E-state index in [2.05, 4.69) is 18.7 Å². The van der Waals surface area contributed by atoms with Gasteiger partial charge in [-0.25, -0.2) is 0 Å². The van der Waals surface area contributed by atoms with E-state index in [1.807, 2.05) is 0 Å². The van der Waals surface area contributed by atoms with Crippen LogP contribution in [0.15, 0.2) is 0 Å². The molecule has 1 aliphatic heterocycles. The number of hydrogen-bond acceptors (Lipinski definition) is 3. The van der Waals surface area contributed by atoms with Crippen molar-refractivity contribution in [3.63, 3.8) is 0 Å². The molecule has 0 radical (unpaired) electrons. The van der Waals surface area contributed by atoms with Crippen LogP contribution in [0.4, 0.5) is 0 Å². The zero-order valence-electron chi connectivity index (χ0n) is 8.83. The van der Waals surface area contributed by atoms with Crippen molar-refractivity contribution < 1.29 is 4.74 Å². The molecule has 0 aromatic heterocycles. The fourth-order valence-electron chi connectivity index (χ4n) is 1.87. The minimum atomic E-state index is 0.492. The van der Waals surface area contributed by atoms with Crippen LogP contribution in [0.5, 0.6) is 0 Å². The highest BCUT2D eigenvalue weighted by Gasteiger charge is 2.21. The maximum atomic E-state index is 5.62. The predicted octanol–water partition coefficient (Wildman–Crippen LogP) is 0.834. The summed E-state index contributed by atoms with van der Waals surface area (Å²) in [5.74, 6) is 0. The van der Waals surface area contributed by atoms with Gasteiger partial charge in [-0.15, -0.1) is 0 Å². The standard InChI is InChI=1S/C10H22N2O/c1-3-13-10-4-6-12(7-5-10)9(2)8-11/h9-10H,3-8,11H2,1-2H3. The van der Waals surface area contributed by atoms with Gasteiger partial charge in [0, 0.05) is 32.3 Å². The van der Waals surface area contributed by atoms with E-state index in [0.717, 1.165) is 39.1 Å². The molecule has 1 atom stereocenters. The Kier molecular flexibility index (Phi) is 4.70. The molecule has 13 heavy (non-hydrogen) atoms. The van der Waals surface area contributed by atoms with Crippen LogP contribution in [-0.2, 0) is 4.74 Å². The third-order valence-electron chi connectivity index (χ3n) is 2.84.